The van der Waals surface area contributed by atoms with Crippen molar-refractivity contribution in [3.8, 4) is 33.6 Å². The molecule has 4 heterocycles. The largest absolute Gasteiger partial charge is 0.353 e. The Kier molecular flexibility index (Phi) is 5.07. The van der Waals surface area contributed by atoms with E-state index in [0.29, 0.717) is 11.3 Å². The minimum Gasteiger partial charge on any atom is -0.353 e. The van der Waals surface area contributed by atoms with Crippen molar-refractivity contribution >= 4 is 33.5 Å². The minimum absolute atomic E-state index is 0.0428. The highest BCUT2D eigenvalue weighted by atomic mass is 19.1. The second-order valence-electron chi connectivity index (χ2n) is 9.89. The Balaban J connectivity index is 1.29. The summed E-state index contributed by atoms with van der Waals surface area (Å²) in [6.45, 7) is 1.89. The van der Waals surface area contributed by atoms with Gasteiger partial charge < -0.3 is 10.3 Å². The van der Waals surface area contributed by atoms with Crippen LogP contribution in [0.4, 0.5) is 10.1 Å². The predicted octanol–water partition coefficient (Wildman–Crippen LogP) is 6.63. The SMILES string of the molecule is Cc1cc(F)cc(-c2cccc3[nH]c(-c4n[nH]c5ncc(-c6cncc(NC(=O)C7CC7)c6)cc45)cc23)c1. The molecule has 1 amide bonds. The molecule has 7 nitrogen and oxygen atoms in total. The molecule has 0 atom stereocenters. The Morgan fingerprint density at radius 2 is 1.84 bits per heavy atom. The van der Waals surface area contributed by atoms with Gasteiger partial charge in [0.25, 0.3) is 0 Å². The average molecular weight is 503 g/mol. The van der Waals surface area contributed by atoms with E-state index >= 15 is 0 Å². The summed E-state index contributed by atoms with van der Waals surface area (Å²) in [5.74, 6) is -0.0940. The first-order chi connectivity index (χ1) is 18.5. The number of nitrogens with one attached hydrogen (secondary N) is 3. The van der Waals surface area contributed by atoms with Crippen molar-refractivity contribution in [3.05, 3.63) is 84.6 Å². The van der Waals surface area contributed by atoms with Gasteiger partial charge in [0.15, 0.2) is 5.65 Å². The van der Waals surface area contributed by atoms with Crippen LogP contribution in [0.25, 0.3) is 55.6 Å². The number of fused-ring (bicyclic) bond motifs is 2. The van der Waals surface area contributed by atoms with Crippen LogP contribution in [0.5, 0.6) is 0 Å². The van der Waals surface area contributed by atoms with E-state index in [1.807, 2.05) is 49.4 Å². The molecule has 1 fully saturated rings. The number of rotatable bonds is 5. The molecule has 0 aliphatic heterocycles. The topological polar surface area (TPSA) is 99.3 Å². The lowest BCUT2D eigenvalue weighted by atomic mass is 9.99. The molecular formula is C30H23FN6O. The molecule has 3 N–H and O–H groups in total. The van der Waals surface area contributed by atoms with E-state index in [0.717, 1.165) is 68.3 Å². The molecule has 0 saturated heterocycles. The zero-order valence-corrected chi connectivity index (χ0v) is 20.5. The second-order valence-corrected chi connectivity index (χ2v) is 9.89. The Bertz CT molecular complexity index is 1850. The van der Waals surface area contributed by atoms with Crippen LogP contribution in [0.2, 0.25) is 0 Å². The number of carbonyl (C=O) groups is 1. The van der Waals surface area contributed by atoms with Crippen molar-refractivity contribution in [2.75, 3.05) is 5.32 Å². The number of pyridine rings is 2. The van der Waals surface area contributed by atoms with Gasteiger partial charge >= 0.3 is 0 Å². The first kappa shape index (κ1) is 22.4. The van der Waals surface area contributed by atoms with Gasteiger partial charge in [-0.25, -0.2) is 9.37 Å². The fourth-order valence-corrected chi connectivity index (χ4v) is 4.95. The van der Waals surface area contributed by atoms with Crippen LogP contribution in [0, 0.1) is 18.7 Å². The number of carbonyl (C=O) groups excluding carboxylic acids is 1. The number of benzene rings is 2. The highest BCUT2D eigenvalue weighted by Gasteiger charge is 2.29. The van der Waals surface area contributed by atoms with Gasteiger partial charge in [-0.3, -0.25) is 14.9 Å². The standard InChI is InChI=1S/C30H23FN6O/c1-16-7-18(9-21(31)8-16)23-3-2-4-26-24(23)12-27(35-26)28-25-11-20(14-33-29(25)37-36-28)19-10-22(15-32-13-19)34-30(38)17-5-6-17/h2-4,7-15,17,35H,5-6H2,1H3,(H,34,38)(H,33,36,37). The van der Waals surface area contributed by atoms with Crippen LogP contribution < -0.4 is 5.32 Å². The van der Waals surface area contributed by atoms with Gasteiger partial charge in [-0.1, -0.05) is 18.2 Å². The fraction of sp³-hybridized carbons (Fsp3) is 0.133. The number of amides is 1. The molecule has 6 aromatic rings. The third-order valence-electron chi connectivity index (χ3n) is 6.98. The van der Waals surface area contributed by atoms with Crippen molar-refractivity contribution in [1.29, 1.82) is 0 Å². The summed E-state index contributed by atoms with van der Waals surface area (Å²) < 4.78 is 14.2. The molecule has 1 aliphatic carbocycles. The molecule has 0 spiro atoms. The third kappa shape index (κ3) is 4.00. The Morgan fingerprint density at radius 3 is 2.68 bits per heavy atom. The van der Waals surface area contributed by atoms with Gasteiger partial charge in [0, 0.05) is 45.7 Å². The molecule has 0 unspecified atom stereocenters. The summed E-state index contributed by atoms with van der Waals surface area (Å²) in [7, 11) is 0. The van der Waals surface area contributed by atoms with Crippen molar-refractivity contribution < 1.29 is 9.18 Å². The van der Waals surface area contributed by atoms with E-state index in [1.54, 1.807) is 24.7 Å². The maximum Gasteiger partial charge on any atom is 0.227 e. The van der Waals surface area contributed by atoms with Gasteiger partial charge in [0.1, 0.15) is 11.5 Å². The van der Waals surface area contributed by atoms with Gasteiger partial charge in [-0.2, -0.15) is 5.10 Å². The highest BCUT2D eigenvalue weighted by Crippen LogP contribution is 2.36. The van der Waals surface area contributed by atoms with E-state index < -0.39 is 0 Å². The second kappa shape index (κ2) is 8.62. The van der Waals surface area contributed by atoms with Crippen molar-refractivity contribution in [2.45, 2.75) is 19.8 Å². The zero-order valence-electron chi connectivity index (χ0n) is 20.5. The molecule has 1 aliphatic rings. The average Bonchev–Trinajstić information content (AvgIpc) is 3.54. The van der Waals surface area contributed by atoms with E-state index in [1.165, 1.54) is 6.07 Å². The van der Waals surface area contributed by atoms with Gasteiger partial charge in [0.2, 0.25) is 5.91 Å². The lowest BCUT2D eigenvalue weighted by molar-refractivity contribution is -0.117. The normalized spacial score (nSPS) is 13.3. The number of nitrogens with zero attached hydrogens (tertiary/aromatic N) is 3. The molecule has 4 aromatic heterocycles. The summed E-state index contributed by atoms with van der Waals surface area (Å²) >= 11 is 0. The lowest BCUT2D eigenvalue weighted by Crippen LogP contribution is -2.13. The van der Waals surface area contributed by atoms with E-state index in [-0.39, 0.29) is 17.6 Å². The van der Waals surface area contributed by atoms with Crippen LogP contribution >= 0.6 is 0 Å². The van der Waals surface area contributed by atoms with Crippen LogP contribution in [0.15, 0.2) is 73.2 Å². The molecule has 0 bridgehead atoms. The first-order valence-electron chi connectivity index (χ1n) is 12.5. The number of aromatic nitrogens is 5. The molecular weight excluding hydrogens is 479 g/mol. The van der Waals surface area contributed by atoms with Crippen molar-refractivity contribution in [1.82, 2.24) is 25.1 Å². The Labute approximate surface area is 217 Å². The predicted molar refractivity (Wildman–Crippen MR) is 146 cm³/mol. The molecule has 38 heavy (non-hydrogen) atoms. The lowest BCUT2D eigenvalue weighted by Gasteiger charge is -2.07. The van der Waals surface area contributed by atoms with Gasteiger partial charge in [-0.05, 0) is 72.9 Å². The van der Waals surface area contributed by atoms with E-state index in [2.05, 4.69) is 30.5 Å². The molecule has 1 saturated carbocycles. The first-order valence-corrected chi connectivity index (χ1v) is 12.5. The molecule has 2 aromatic carbocycles. The summed E-state index contributed by atoms with van der Waals surface area (Å²) in [5.41, 5.74) is 8.18. The zero-order chi connectivity index (χ0) is 25.8. The van der Waals surface area contributed by atoms with Gasteiger partial charge in [0.05, 0.1) is 17.6 Å². The van der Waals surface area contributed by atoms with Crippen molar-refractivity contribution in [3.63, 3.8) is 0 Å². The third-order valence-corrected chi connectivity index (χ3v) is 6.98. The van der Waals surface area contributed by atoms with Gasteiger partial charge in [-0.15, -0.1) is 0 Å². The number of halogens is 1. The summed E-state index contributed by atoms with van der Waals surface area (Å²) in [5, 5.41) is 12.4. The highest BCUT2D eigenvalue weighted by molar-refractivity contribution is 6.01. The van der Waals surface area contributed by atoms with Crippen LogP contribution in [-0.2, 0) is 4.79 Å². The number of aryl methyl sites for hydroxylation is 1. The Hall–Kier alpha value is -4.85. The molecule has 7 rings (SSSR count). The number of aromatic amines is 2. The van der Waals surface area contributed by atoms with Crippen LogP contribution in [-0.4, -0.2) is 31.1 Å². The van der Waals surface area contributed by atoms with E-state index in [9.17, 15) is 9.18 Å². The molecule has 8 heteroatoms. The quantitative estimate of drug-likeness (QED) is 0.246. The van der Waals surface area contributed by atoms with E-state index in [4.69, 9.17) is 0 Å². The molecule has 186 valence electrons. The minimum atomic E-state index is -0.254. The number of H-pyrrole nitrogens is 2. The summed E-state index contributed by atoms with van der Waals surface area (Å²) in [6.07, 6.45) is 7.07. The van der Waals surface area contributed by atoms with Crippen LogP contribution in [0.3, 0.4) is 0 Å². The maximum atomic E-state index is 14.2. The summed E-state index contributed by atoms with van der Waals surface area (Å²) in [4.78, 5) is 24.6. The number of hydrogen-bond donors (Lipinski definition) is 3. The van der Waals surface area contributed by atoms with Crippen LogP contribution in [0.1, 0.15) is 18.4 Å². The van der Waals surface area contributed by atoms with Crippen molar-refractivity contribution in [2.24, 2.45) is 5.92 Å². The smallest absolute Gasteiger partial charge is 0.227 e. The Morgan fingerprint density at radius 1 is 0.974 bits per heavy atom. The maximum absolute atomic E-state index is 14.2. The fourth-order valence-electron chi connectivity index (χ4n) is 4.95. The molecule has 0 radical (unpaired) electrons. The number of anilines is 1. The summed E-state index contributed by atoms with van der Waals surface area (Å²) in [6, 6.07) is 17.0. The number of hydrogen-bond acceptors (Lipinski definition) is 4. The monoisotopic (exact) mass is 502 g/mol.